The number of piperidine rings is 1. The second-order valence-corrected chi connectivity index (χ2v) is 8.14. The summed E-state index contributed by atoms with van der Waals surface area (Å²) in [6, 6.07) is 0. The fourth-order valence-electron chi connectivity index (χ4n) is 4.40. The maximum atomic E-state index is 6.37. The third-order valence-corrected chi connectivity index (χ3v) is 6.14. The first-order chi connectivity index (χ1) is 11.5. The van der Waals surface area contributed by atoms with Crippen LogP contribution in [0.15, 0.2) is 0 Å². The van der Waals surface area contributed by atoms with E-state index >= 15 is 0 Å². The van der Waals surface area contributed by atoms with Gasteiger partial charge in [0.1, 0.15) is 0 Å². The predicted octanol–water partition coefficient (Wildman–Crippen LogP) is 1.88. The molecule has 4 heterocycles. The SMILES string of the molecule is CC1CC2(CCC(Cn3nnnc3N3CCC(C)C(C)C3)O2)CO1. The van der Waals surface area contributed by atoms with E-state index in [1.165, 1.54) is 6.42 Å². The van der Waals surface area contributed by atoms with E-state index in [4.69, 9.17) is 9.47 Å². The van der Waals surface area contributed by atoms with Gasteiger partial charge >= 0.3 is 0 Å². The number of rotatable bonds is 3. The van der Waals surface area contributed by atoms with Crippen LogP contribution in [-0.4, -0.2) is 57.7 Å². The normalized spacial score (nSPS) is 39.9. The molecule has 0 radical (unpaired) electrons. The smallest absolute Gasteiger partial charge is 0.245 e. The molecule has 24 heavy (non-hydrogen) atoms. The van der Waals surface area contributed by atoms with Crippen molar-refractivity contribution < 1.29 is 9.47 Å². The zero-order chi connectivity index (χ0) is 16.7. The quantitative estimate of drug-likeness (QED) is 0.840. The van der Waals surface area contributed by atoms with Crippen molar-refractivity contribution in [2.75, 3.05) is 24.6 Å². The van der Waals surface area contributed by atoms with Crippen molar-refractivity contribution in [3.05, 3.63) is 0 Å². The van der Waals surface area contributed by atoms with Gasteiger partial charge in [0.2, 0.25) is 5.95 Å². The first-order valence-electron chi connectivity index (χ1n) is 9.35. The van der Waals surface area contributed by atoms with Crippen LogP contribution in [0.5, 0.6) is 0 Å². The van der Waals surface area contributed by atoms with Gasteiger partial charge in [-0.2, -0.15) is 0 Å². The Morgan fingerprint density at radius 1 is 1.21 bits per heavy atom. The topological polar surface area (TPSA) is 65.3 Å². The molecule has 0 saturated carbocycles. The van der Waals surface area contributed by atoms with Crippen LogP contribution in [-0.2, 0) is 16.0 Å². The lowest BCUT2D eigenvalue weighted by Crippen LogP contribution is -2.40. The highest BCUT2D eigenvalue weighted by Crippen LogP contribution is 2.40. The minimum Gasteiger partial charge on any atom is -0.375 e. The van der Waals surface area contributed by atoms with Crippen molar-refractivity contribution in [1.82, 2.24) is 20.2 Å². The second kappa shape index (κ2) is 6.26. The van der Waals surface area contributed by atoms with E-state index < -0.39 is 0 Å². The molecular formula is C17H29N5O2. The first kappa shape index (κ1) is 16.3. The maximum Gasteiger partial charge on any atom is 0.245 e. The van der Waals surface area contributed by atoms with E-state index in [1.807, 2.05) is 4.68 Å². The zero-order valence-electron chi connectivity index (χ0n) is 15.0. The third kappa shape index (κ3) is 3.04. The van der Waals surface area contributed by atoms with Crippen molar-refractivity contribution in [1.29, 1.82) is 0 Å². The van der Waals surface area contributed by atoms with Gasteiger partial charge in [-0.15, -0.1) is 0 Å². The molecule has 5 unspecified atom stereocenters. The predicted molar refractivity (Wildman–Crippen MR) is 89.8 cm³/mol. The summed E-state index contributed by atoms with van der Waals surface area (Å²) in [6.07, 6.45) is 4.84. The molecule has 1 aromatic rings. The van der Waals surface area contributed by atoms with Gasteiger partial charge in [0, 0.05) is 19.5 Å². The standard InChI is InChI=1S/C17H29N5O2/c1-12-5-7-21(9-13(12)2)16-18-19-20-22(16)10-15-4-6-17(24-15)8-14(3)23-11-17/h12-15H,4-11H2,1-3H3. The lowest BCUT2D eigenvalue weighted by atomic mass is 9.89. The molecule has 0 amide bonds. The number of hydrogen-bond donors (Lipinski definition) is 0. The van der Waals surface area contributed by atoms with Crippen molar-refractivity contribution in [3.8, 4) is 0 Å². The Balaban J connectivity index is 1.41. The zero-order valence-corrected chi connectivity index (χ0v) is 15.0. The Morgan fingerprint density at radius 3 is 2.83 bits per heavy atom. The summed E-state index contributed by atoms with van der Waals surface area (Å²) in [7, 11) is 0. The number of tetrazole rings is 1. The fraction of sp³-hybridized carbons (Fsp3) is 0.941. The van der Waals surface area contributed by atoms with Crippen LogP contribution in [0.3, 0.4) is 0 Å². The second-order valence-electron chi connectivity index (χ2n) is 8.14. The highest BCUT2D eigenvalue weighted by molar-refractivity contribution is 5.29. The summed E-state index contributed by atoms with van der Waals surface area (Å²) >= 11 is 0. The van der Waals surface area contributed by atoms with Crippen molar-refractivity contribution in [2.45, 2.75) is 70.8 Å². The summed E-state index contributed by atoms with van der Waals surface area (Å²) < 4.78 is 14.0. The summed E-state index contributed by atoms with van der Waals surface area (Å²) in [6.45, 7) is 10.3. The monoisotopic (exact) mass is 335 g/mol. The van der Waals surface area contributed by atoms with E-state index in [1.54, 1.807) is 0 Å². The highest BCUT2D eigenvalue weighted by atomic mass is 16.6. The van der Waals surface area contributed by atoms with E-state index in [-0.39, 0.29) is 11.7 Å². The molecule has 5 atom stereocenters. The molecule has 3 fully saturated rings. The van der Waals surface area contributed by atoms with Crippen LogP contribution < -0.4 is 4.90 Å². The maximum absolute atomic E-state index is 6.37. The van der Waals surface area contributed by atoms with Crippen LogP contribution in [0.4, 0.5) is 5.95 Å². The Morgan fingerprint density at radius 2 is 2.08 bits per heavy atom. The molecule has 0 aromatic carbocycles. The molecule has 3 saturated heterocycles. The molecule has 0 bridgehead atoms. The van der Waals surface area contributed by atoms with Gasteiger partial charge < -0.3 is 14.4 Å². The van der Waals surface area contributed by atoms with Gasteiger partial charge in [-0.1, -0.05) is 18.9 Å². The average Bonchev–Trinajstić information content (AvgIpc) is 3.25. The van der Waals surface area contributed by atoms with Gasteiger partial charge in [-0.25, -0.2) is 4.68 Å². The Kier molecular flexibility index (Phi) is 4.24. The molecule has 3 aliphatic heterocycles. The Labute approximate surface area is 143 Å². The molecule has 1 aromatic heterocycles. The van der Waals surface area contributed by atoms with Crippen LogP contribution in [0.1, 0.15) is 46.5 Å². The number of ether oxygens (including phenoxy) is 2. The lowest BCUT2D eigenvalue weighted by molar-refractivity contribution is -0.0508. The summed E-state index contributed by atoms with van der Waals surface area (Å²) in [5.74, 6) is 2.34. The van der Waals surface area contributed by atoms with Crippen LogP contribution in [0, 0.1) is 11.8 Å². The molecule has 0 aliphatic carbocycles. The van der Waals surface area contributed by atoms with E-state index in [9.17, 15) is 0 Å². The van der Waals surface area contributed by atoms with E-state index in [0.29, 0.717) is 12.0 Å². The van der Waals surface area contributed by atoms with E-state index in [0.717, 1.165) is 57.4 Å². The van der Waals surface area contributed by atoms with Gasteiger partial charge in [-0.05, 0) is 48.4 Å². The molecule has 4 rings (SSSR count). The molecular weight excluding hydrogens is 306 g/mol. The largest absolute Gasteiger partial charge is 0.375 e. The Bertz CT molecular complexity index is 579. The summed E-state index contributed by atoms with van der Waals surface area (Å²) in [4.78, 5) is 2.33. The average molecular weight is 335 g/mol. The summed E-state index contributed by atoms with van der Waals surface area (Å²) in [5, 5.41) is 12.4. The van der Waals surface area contributed by atoms with E-state index in [2.05, 4.69) is 41.2 Å². The molecule has 7 nitrogen and oxygen atoms in total. The third-order valence-electron chi connectivity index (χ3n) is 6.14. The van der Waals surface area contributed by atoms with Gasteiger partial charge in [-0.3, -0.25) is 0 Å². The number of hydrogen-bond acceptors (Lipinski definition) is 6. The van der Waals surface area contributed by atoms with Crippen molar-refractivity contribution >= 4 is 5.95 Å². The van der Waals surface area contributed by atoms with Gasteiger partial charge in [0.15, 0.2) is 0 Å². The van der Waals surface area contributed by atoms with Gasteiger partial charge in [0.05, 0.1) is 31.0 Å². The fourth-order valence-corrected chi connectivity index (χ4v) is 4.40. The molecule has 7 heteroatoms. The Hall–Kier alpha value is -1.21. The van der Waals surface area contributed by atoms with Crippen LogP contribution in [0.25, 0.3) is 0 Å². The highest BCUT2D eigenvalue weighted by Gasteiger charge is 2.46. The summed E-state index contributed by atoms with van der Waals surface area (Å²) in [5.41, 5.74) is -0.0622. The van der Waals surface area contributed by atoms with Crippen LogP contribution in [0.2, 0.25) is 0 Å². The molecule has 0 N–H and O–H groups in total. The van der Waals surface area contributed by atoms with Crippen molar-refractivity contribution in [2.24, 2.45) is 11.8 Å². The first-order valence-corrected chi connectivity index (χ1v) is 9.35. The molecule has 134 valence electrons. The minimum atomic E-state index is -0.0622. The minimum absolute atomic E-state index is 0.0622. The van der Waals surface area contributed by atoms with Gasteiger partial charge in [0.25, 0.3) is 0 Å². The lowest BCUT2D eigenvalue weighted by Gasteiger charge is -2.35. The van der Waals surface area contributed by atoms with Crippen molar-refractivity contribution in [3.63, 3.8) is 0 Å². The number of anilines is 1. The number of aromatic nitrogens is 4. The molecule has 1 spiro atoms. The van der Waals surface area contributed by atoms with Crippen LogP contribution >= 0.6 is 0 Å². The molecule has 3 aliphatic rings. The number of nitrogens with zero attached hydrogens (tertiary/aromatic N) is 5.